The quantitative estimate of drug-likeness (QED) is 0.849. The van der Waals surface area contributed by atoms with E-state index in [1.165, 1.54) is 5.56 Å². The molecule has 1 N–H and O–H groups in total. The Morgan fingerprint density at radius 3 is 2.67 bits per heavy atom. The maximum atomic E-state index is 4.30. The predicted octanol–water partition coefficient (Wildman–Crippen LogP) is 4.60. The zero-order valence-corrected chi connectivity index (χ0v) is 13.5. The summed E-state index contributed by atoms with van der Waals surface area (Å²) in [5.41, 5.74) is 2.27. The average molecular weight is 373 g/mol. The SMILES string of the molecule is CC(C)n1cc(NCc2ccc(Br)c(Br)c2)cn1. The maximum Gasteiger partial charge on any atom is 0.0729 e. The minimum atomic E-state index is 0.391. The van der Waals surface area contributed by atoms with Gasteiger partial charge >= 0.3 is 0 Å². The summed E-state index contributed by atoms with van der Waals surface area (Å²) in [7, 11) is 0. The molecule has 0 aliphatic heterocycles. The van der Waals surface area contributed by atoms with Crippen molar-refractivity contribution in [3.8, 4) is 0 Å². The molecule has 3 nitrogen and oxygen atoms in total. The molecule has 0 spiro atoms. The Morgan fingerprint density at radius 1 is 1.28 bits per heavy atom. The summed E-state index contributed by atoms with van der Waals surface area (Å²) in [5.74, 6) is 0. The molecule has 0 saturated heterocycles. The van der Waals surface area contributed by atoms with Crippen LogP contribution in [0, 0.1) is 0 Å². The van der Waals surface area contributed by atoms with Crippen LogP contribution in [-0.2, 0) is 6.54 Å². The molecule has 0 unspecified atom stereocenters. The first-order chi connectivity index (χ1) is 8.56. The van der Waals surface area contributed by atoms with Crippen molar-refractivity contribution in [1.29, 1.82) is 0 Å². The van der Waals surface area contributed by atoms with Gasteiger partial charge in [0, 0.05) is 27.7 Å². The van der Waals surface area contributed by atoms with Gasteiger partial charge in [-0.25, -0.2) is 0 Å². The normalized spacial score (nSPS) is 10.9. The van der Waals surface area contributed by atoms with Gasteiger partial charge in [-0.3, -0.25) is 4.68 Å². The van der Waals surface area contributed by atoms with Crippen molar-refractivity contribution in [2.75, 3.05) is 5.32 Å². The molecule has 0 radical (unpaired) electrons. The third kappa shape index (κ3) is 3.36. The topological polar surface area (TPSA) is 29.9 Å². The van der Waals surface area contributed by atoms with Gasteiger partial charge in [-0.1, -0.05) is 6.07 Å². The molecule has 1 aromatic heterocycles. The summed E-state index contributed by atoms with van der Waals surface area (Å²) in [5, 5.41) is 7.66. The molecule has 5 heteroatoms. The molecule has 0 aliphatic carbocycles. The molecular weight excluding hydrogens is 358 g/mol. The minimum absolute atomic E-state index is 0.391. The van der Waals surface area contributed by atoms with Crippen molar-refractivity contribution in [3.63, 3.8) is 0 Å². The molecule has 0 fully saturated rings. The lowest BCUT2D eigenvalue weighted by Gasteiger charge is -2.06. The van der Waals surface area contributed by atoms with Crippen LogP contribution in [0.5, 0.6) is 0 Å². The lowest BCUT2D eigenvalue weighted by molar-refractivity contribution is 0.532. The van der Waals surface area contributed by atoms with Crippen LogP contribution >= 0.6 is 31.9 Å². The van der Waals surface area contributed by atoms with Gasteiger partial charge in [0.15, 0.2) is 0 Å². The van der Waals surface area contributed by atoms with Crippen molar-refractivity contribution < 1.29 is 0 Å². The van der Waals surface area contributed by atoms with Crippen LogP contribution < -0.4 is 5.32 Å². The summed E-state index contributed by atoms with van der Waals surface area (Å²) in [6, 6.07) is 6.62. The highest BCUT2D eigenvalue weighted by molar-refractivity contribution is 9.13. The smallest absolute Gasteiger partial charge is 0.0729 e. The van der Waals surface area contributed by atoms with Crippen molar-refractivity contribution in [1.82, 2.24) is 9.78 Å². The molecule has 0 atom stereocenters. The number of hydrogen-bond donors (Lipinski definition) is 1. The molecule has 2 rings (SSSR count). The molecule has 0 amide bonds. The fraction of sp³-hybridized carbons (Fsp3) is 0.308. The van der Waals surface area contributed by atoms with E-state index >= 15 is 0 Å². The number of benzene rings is 1. The molecular formula is C13H15Br2N3. The van der Waals surface area contributed by atoms with Crippen LogP contribution in [0.1, 0.15) is 25.5 Å². The number of aromatic nitrogens is 2. The lowest BCUT2D eigenvalue weighted by Crippen LogP contribution is -2.01. The number of rotatable bonds is 4. The highest BCUT2D eigenvalue weighted by Gasteiger charge is 2.02. The van der Waals surface area contributed by atoms with Gasteiger partial charge in [0.1, 0.15) is 0 Å². The Hall–Kier alpha value is -0.810. The molecule has 96 valence electrons. The second-order valence-corrected chi connectivity index (χ2v) is 6.11. The third-order valence-corrected chi connectivity index (χ3v) is 4.49. The number of nitrogens with one attached hydrogen (secondary N) is 1. The van der Waals surface area contributed by atoms with Gasteiger partial charge < -0.3 is 5.32 Å². The molecule has 0 saturated carbocycles. The Balaban J connectivity index is 2.00. The first kappa shape index (κ1) is 13.6. The molecule has 2 aromatic rings. The van der Waals surface area contributed by atoms with Gasteiger partial charge in [-0.2, -0.15) is 5.10 Å². The number of nitrogens with zero attached hydrogens (tertiary/aromatic N) is 2. The van der Waals surface area contributed by atoms with E-state index in [0.29, 0.717) is 6.04 Å². The molecule has 18 heavy (non-hydrogen) atoms. The predicted molar refractivity (Wildman–Crippen MR) is 81.8 cm³/mol. The van der Waals surface area contributed by atoms with Gasteiger partial charge in [0.05, 0.1) is 11.9 Å². The molecule has 0 bridgehead atoms. The van der Waals surface area contributed by atoms with Crippen LogP contribution in [0.25, 0.3) is 0 Å². The van der Waals surface area contributed by atoms with E-state index in [-0.39, 0.29) is 0 Å². The largest absolute Gasteiger partial charge is 0.378 e. The van der Waals surface area contributed by atoms with Crippen molar-refractivity contribution in [3.05, 3.63) is 45.1 Å². The summed E-state index contributed by atoms with van der Waals surface area (Å²) in [4.78, 5) is 0. The molecule has 1 aromatic carbocycles. The lowest BCUT2D eigenvalue weighted by atomic mass is 10.2. The summed E-state index contributed by atoms with van der Waals surface area (Å²) >= 11 is 6.97. The van der Waals surface area contributed by atoms with Crippen LogP contribution in [-0.4, -0.2) is 9.78 Å². The molecule has 1 heterocycles. The van der Waals surface area contributed by atoms with Crippen molar-refractivity contribution in [2.24, 2.45) is 0 Å². The number of halogens is 2. The Bertz CT molecular complexity index is 535. The Morgan fingerprint density at radius 2 is 2.06 bits per heavy atom. The zero-order chi connectivity index (χ0) is 13.1. The minimum Gasteiger partial charge on any atom is -0.378 e. The van der Waals surface area contributed by atoms with Crippen LogP contribution in [0.2, 0.25) is 0 Å². The highest BCUT2D eigenvalue weighted by atomic mass is 79.9. The average Bonchev–Trinajstić information content (AvgIpc) is 2.79. The monoisotopic (exact) mass is 371 g/mol. The summed E-state index contributed by atoms with van der Waals surface area (Å²) < 4.78 is 4.08. The molecule has 0 aliphatic rings. The van der Waals surface area contributed by atoms with E-state index in [0.717, 1.165) is 21.2 Å². The zero-order valence-electron chi connectivity index (χ0n) is 10.3. The van der Waals surface area contributed by atoms with Gasteiger partial charge in [-0.05, 0) is 63.4 Å². The first-order valence-corrected chi connectivity index (χ1v) is 7.37. The van der Waals surface area contributed by atoms with Gasteiger partial charge in [0.25, 0.3) is 0 Å². The van der Waals surface area contributed by atoms with Crippen LogP contribution in [0.4, 0.5) is 5.69 Å². The van der Waals surface area contributed by atoms with E-state index in [1.54, 1.807) is 0 Å². The summed E-state index contributed by atoms with van der Waals surface area (Å²) in [6.45, 7) is 5.01. The van der Waals surface area contributed by atoms with Gasteiger partial charge in [0.2, 0.25) is 0 Å². The van der Waals surface area contributed by atoms with Crippen molar-refractivity contribution >= 4 is 37.5 Å². The Kier molecular flexibility index (Phi) is 4.45. The van der Waals surface area contributed by atoms with Crippen molar-refractivity contribution in [2.45, 2.75) is 26.4 Å². The van der Waals surface area contributed by atoms with Gasteiger partial charge in [-0.15, -0.1) is 0 Å². The highest BCUT2D eigenvalue weighted by Crippen LogP contribution is 2.24. The standard InChI is InChI=1S/C13H15Br2N3/c1-9(2)18-8-11(7-17-18)16-6-10-3-4-12(14)13(15)5-10/h3-5,7-9,16H,6H2,1-2H3. The maximum absolute atomic E-state index is 4.30. The van der Waals surface area contributed by atoms with Crippen LogP contribution in [0.3, 0.4) is 0 Å². The fourth-order valence-electron chi connectivity index (χ4n) is 1.57. The van der Waals surface area contributed by atoms with E-state index in [2.05, 4.69) is 68.3 Å². The first-order valence-electron chi connectivity index (χ1n) is 5.78. The third-order valence-electron chi connectivity index (χ3n) is 2.61. The van der Waals surface area contributed by atoms with E-state index in [1.807, 2.05) is 23.1 Å². The fourth-order valence-corrected chi connectivity index (χ4v) is 2.24. The number of anilines is 1. The van der Waals surface area contributed by atoms with Crippen LogP contribution in [0.15, 0.2) is 39.5 Å². The second-order valence-electron chi connectivity index (χ2n) is 4.40. The van der Waals surface area contributed by atoms with E-state index < -0.39 is 0 Å². The summed E-state index contributed by atoms with van der Waals surface area (Å²) in [6.07, 6.45) is 3.88. The number of hydrogen-bond acceptors (Lipinski definition) is 2. The van der Waals surface area contributed by atoms with E-state index in [9.17, 15) is 0 Å². The second kappa shape index (κ2) is 5.89. The van der Waals surface area contributed by atoms with E-state index in [4.69, 9.17) is 0 Å². The Labute approximate surface area is 124 Å².